The summed E-state index contributed by atoms with van der Waals surface area (Å²) in [6, 6.07) is 0.234. The molecule has 2 rings (SSSR count). The van der Waals surface area contributed by atoms with E-state index in [1.807, 2.05) is 0 Å². The Labute approximate surface area is 146 Å². The van der Waals surface area contributed by atoms with Crippen LogP contribution in [0, 0.1) is 5.41 Å². The molecular weight excluding hydrogens is 364 g/mol. The number of rotatable bonds is 5. The molecule has 0 radical (unpaired) electrons. The van der Waals surface area contributed by atoms with Gasteiger partial charge in [0.25, 0.3) is 0 Å². The van der Waals surface area contributed by atoms with Crippen LogP contribution in [0.4, 0.5) is 0 Å². The predicted molar refractivity (Wildman–Crippen MR) is 90.3 cm³/mol. The van der Waals surface area contributed by atoms with Gasteiger partial charge in [-0.2, -0.15) is 0 Å². The number of esters is 2. The standard InChI is InChI=1S/C16H28BrN2O4/c1-4-22-14(20)16(15(21)23-5-2)10-13(11-17)19(12-16)8-6-18(3)7-9-19/h13H,4-12H2,1-3H3/q+1. The summed E-state index contributed by atoms with van der Waals surface area (Å²) in [7, 11) is 2.11. The largest absolute Gasteiger partial charge is 0.465 e. The SMILES string of the molecule is CCOC(=O)C1(C(=O)OCC)CC(CBr)[N+]2(CCN(C)CC2)C1. The molecule has 6 nitrogen and oxygen atoms in total. The Hall–Kier alpha value is -0.660. The van der Waals surface area contributed by atoms with Gasteiger partial charge in [-0.1, -0.05) is 15.9 Å². The van der Waals surface area contributed by atoms with Gasteiger partial charge in [-0.25, -0.2) is 0 Å². The molecule has 2 saturated heterocycles. The average molecular weight is 392 g/mol. The molecule has 1 atom stereocenters. The fourth-order valence-corrected chi connectivity index (χ4v) is 4.78. The molecular formula is C16H28BrN2O4+. The molecule has 1 spiro atoms. The number of hydrogen-bond donors (Lipinski definition) is 0. The third-order valence-electron chi connectivity index (χ3n) is 5.31. The summed E-state index contributed by atoms with van der Waals surface area (Å²) in [5, 5.41) is 0.775. The summed E-state index contributed by atoms with van der Waals surface area (Å²) < 4.78 is 11.3. The van der Waals surface area contributed by atoms with Crippen molar-refractivity contribution >= 4 is 27.9 Å². The van der Waals surface area contributed by atoms with E-state index in [4.69, 9.17) is 9.47 Å². The van der Waals surface area contributed by atoms with E-state index in [-0.39, 0.29) is 19.3 Å². The van der Waals surface area contributed by atoms with Gasteiger partial charge in [0.1, 0.15) is 12.6 Å². The van der Waals surface area contributed by atoms with Crippen LogP contribution in [0.3, 0.4) is 0 Å². The van der Waals surface area contributed by atoms with Crippen molar-refractivity contribution in [1.29, 1.82) is 0 Å². The summed E-state index contributed by atoms with van der Waals surface area (Å²) >= 11 is 3.60. The molecule has 2 fully saturated rings. The number of nitrogens with zero attached hydrogens (tertiary/aromatic N) is 2. The van der Waals surface area contributed by atoms with E-state index >= 15 is 0 Å². The van der Waals surface area contributed by atoms with Gasteiger partial charge in [-0.15, -0.1) is 0 Å². The molecule has 0 amide bonds. The number of ether oxygens (including phenoxy) is 2. The highest BCUT2D eigenvalue weighted by Crippen LogP contribution is 2.43. The molecule has 0 aromatic carbocycles. The van der Waals surface area contributed by atoms with E-state index in [0.29, 0.717) is 13.0 Å². The van der Waals surface area contributed by atoms with Gasteiger partial charge in [0.05, 0.1) is 31.6 Å². The van der Waals surface area contributed by atoms with Crippen LogP contribution in [0.2, 0.25) is 0 Å². The smallest absolute Gasteiger partial charge is 0.329 e. The second kappa shape index (κ2) is 7.49. The van der Waals surface area contributed by atoms with Crippen LogP contribution in [0.15, 0.2) is 0 Å². The van der Waals surface area contributed by atoms with Crippen LogP contribution in [0.5, 0.6) is 0 Å². The van der Waals surface area contributed by atoms with E-state index in [9.17, 15) is 9.59 Å². The average Bonchev–Trinajstić information content (AvgIpc) is 2.87. The lowest BCUT2D eigenvalue weighted by Gasteiger charge is -2.45. The van der Waals surface area contributed by atoms with Gasteiger partial charge >= 0.3 is 11.9 Å². The van der Waals surface area contributed by atoms with E-state index in [0.717, 1.165) is 36.0 Å². The molecule has 0 aromatic heterocycles. The van der Waals surface area contributed by atoms with E-state index in [1.54, 1.807) is 13.8 Å². The molecule has 0 bridgehead atoms. The highest BCUT2D eigenvalue weighted by Gasteiger charge is 2.64. The van der Waals surface area contributed by atoms with Crippen molar-refractivity contribution in [2.75, 3.05) is 58.3 Å². The van der Waals surface area contributed by atoms with E-state index < -0.39 is 17.4 Å². The van der Waals surface area contributed by atoms with E-state index in [2.05, 4.69) is 27.9 Å². The fourth-order valence-electron chi connectivity index (χ4n) is 3.93. The summed E-state index contributed by atoms with van der Waals surface area (Å²) in [6.45, 7) is 8.46. The van der Waals surface area contributed by atoms with Crippen molar-refractivity contribution in [1.82, 2.24) is 4.90 Å². The Balaban J connectivity index is 2.32. The maximum Gasteiger partial charge on any atom is 0.329 e. The number of quaternary nitrogens is 1. The molecule has 0 saturated carbocycles. The number of likely N-dealkylation sites (N-methyl/N-ethyl adjacent to an activating group) is 1. The normalized spacial score (nSPS) is 26.2. The number of alkyl halides is 1. The van der Waals surface area contributed by atoms with Gasteiger partial charge < -0.3 is 14.0 Å². The zero-order valence-corrected chi connectivity index (χ0v) is 15.9. The van der Waals surface area contributed by atoms with Gasteiger partial charge in [0.2, 0.25) is 5.41 Å². The fraction of sp³-hybridized carbons (Fsp3) is 0.875. The van der Waals surface area contributed by atoms with Crippen LogP contribution in [-0.4, -0.2) is 85.7 Å². The molecule has 0 aromatic rings. The monoisotopic (exact) mass is 391 g/mol. The minimum Gasteiger partial charge on any atom is -0.465 e. The number of carbonyl (C=O) groups excluding carboxylic acids is 2. The molecule has 2 heterocycles. The first-order valence-corrected chi connectivity index (χ1v) is 9.51. The second-order valence-corrected chi connectivity index (χ2v) is 7.31. The zero-order chi connectivity index (χ0) is 17.1. The lowest BCUT2D eigenvalue weighted by molar-refractivity contribution is -0.941. The van der Waals surface area contributed by atoms with Crippen LogP contribution in [-0.2, 0) is 19.1 Å². The lowest BCUT2D eigenvalue weighted by atomic mass is 9.85. The minimum absolute atomic E-state index is 0.234. The zero-order valence-electron chi connectivity index (χ0n) is 14.3. The quantitative estimate of drug-likeness (QED) is 0.303. The first kappa shape index (κ1) is 18.7. The maximum absolute atomic E-state index is 12.7. The van der Waals surface area contributed by atoms with Crippen LogP contribution in [0.1, 0.15) is 20.3 Å². The third kappa shape index (κ3) is 3.42. The Morgan fingerprint density at radius 2 is 1.70 bits per heavy atom. The lowest BCUT2D eigenvalue weighted by Crippen LogP contribution is -2.62. The summed E-state index contributed by atoms with van der Waals surface area (Å²) in [6.07, 6.45) is 0.500. The Bertz CT molecular complexity index is 431. The van der Waals surface area contributed by atoms with Crippen LogP contribution >= 0.6 is 15.9 Å². The summed E-state index contributed by atoms with van der Waals surface area (Å²) in [5.41, 5.74) is -1.15. The van der Waals surface area contributed by atoms with Gasteiger partial charge in [0, 0.05) is 19.5 Å². The molecule has 23 heavy (non-hydrogen) atoms. The van der Waals surface area contributed by atoms with Crippen molar-refractivity contribution in [3.8, 4) is 0 Å². The molecule has 7 heteroatoms. The number of piperazine rings is 1. The topological polar surface area (TPSA) is 55.8 Å². The number of halogens is 1. The molecule has 1 unspecified atom stereocenters. The van der Waals surface area contributed by atoms with Crippen molar-refractivity contribution < 1.29 is 23.5 Å². The Morgan fingerprint density at radius 1 is 1.17 bits per heavy atom. The van der Waals surface area contributed by atoms with Crippen LogP contribution < -0.4 is 0 Å². The summed E-state index contributed by atoms with van der Waals surface area (Å²) in [5.74, 6) is -0.836. The van der Waals surface area contributed by atoms with Crippen LogP contribution in [0.25, 0.3) is 0 Å². The van der Waals surface area contributed by atoms with Crippen molar-refractivity contribution in [3.05, 3.63) is 0 Å². The molecule has 2 aliphatic heterocycles. The Kier molecular flexibility index (Phi) is 6.08. The third-order valence-corrected chi connectivity index (χ3v) is 6.06. The van der Waals surface area contributed by atoms with Crippen molar-refractivity contribution in [2.24, 2.45) is 5.41 Å². The first-order chi connectivity index (χ1) is 10.9. The molecule has 132 valence electrons. The molecule has 0 N–H and O–H groups in total. The Morgan fingerprint density at radius 3 is 2.13 bits per heavy atom. The van der Waals surface area contributed by atoms with Gasteiger partial charge in [-0.3, -0.25) is 14.5 Å². The molecule has 2 aliphatic rings. The minimum atomic E-state index is -1.15. The predicted octanol–water partition coefficient (Wildman–Crippen LogP) is 1.03. The van der Waals surface area contributed by atoms with Gasteiger partial charge in [0.15, 0.2) is 0 Å². The highest BCUT2D eigenvalue weighted by atomic mass is 79.9. The van der Waals surface area contributed by atoms with Crippen molar-refractivity contribution in [3.63, 3.8) is 0 Å². The second-order valence-electron chi connectivity index (χ2n) is 6.66. The van der Waals surface area contributed by atoms with Crippen molar-refractivity contribution in [2.45, 2.75) is 26.3 Å². The molecule has 0 aliphatic carbocycles. The van der Waals surface area contributed by atoms with Gasteiger partial charge in [-0.05, 0) is 20.9 Å². The van der Waals surface area contributed by atoms with E-state index in [1.165, 1.54) is 0 Å². The number of hydrogen-bond acceptors (Lipinski definition) is 5. The highest BCUT2D eigenvalue weighted by molar-refractivity contribution is 9.09. The summed E-state index contributed by atoms with van der Waals surface area (Å²) in [4.78, 5) is 27.6. The maximum atomic E-state index is 12.7. The first-order valence-electron chi connectivity index (χ1n) is 8.39. The number of carbonyl (C=O) groups is 2.